The van der Waals surface area contributed by atoms with Crippen LogP contribution in [0.4, 0.5) is 0 Å². The van der Waals surface area contributed by atoms with E-state index in [0.717, 1.165) is 22.3 Å². The average molecular weight is 242 g/mol. The van der Waals surface area contributed by atoms with Crippen LogP contribution in [0.3, 0.4) is 0 Å². The summed E-state index contributed by atoms with van der Waals surface area (Å²) in [5, 5.41) is 9.67. The molecular weight excluding hydrogens is 228 g/mol. The summed E-state index contributed by atoms with van der Waals surface area (Å²) < 4.78 is 9.26. The van der Waals surface area contributed by atoms with Crippen LogP contribution >= 0.6 is 0 Å². The van der Waals surface area contributed by atoms with E-state index in [4.69, 9.17) is 4.74 Å². The van der Waals surface area contributed by atoms with Crippen LogP contribution in [0, 0.1) is 0 Å². The summed E-state index contributed by atoms with van der Waals surface area (Å²) >= 11 is 0. The summed E-state index contributed by atoms with van der Waals surface area (Å²) in [6.45, 7) is 0.451. The van der Waals surface area contributed by atoms with Gasteiger partial charge in [-0.1, -0.05) is 18.2 Å². The zero-order chi connectivity index (χ0) is 12.5. The number of rotatable bonds is 3. The van der Waals surface area contributed by atoms with Gasteiger partial charge in [0.1, 0.15) is 12.3 Å². The first-order chi connectivity index (χ1) is 8.74. The third-order valence-electron chi connectivity index (χ3n) is 2.89. The van der Waals surface area contributed by atoms with Gasteiger partial charge in [0.05, 0.1) is 17.9 Å². The number of fused-ring (bicyclic) bond motifs is 1. The van der Waals surface area contributed by atoms with E-state index in [0.29, 0.717) is 6.61 Å². The van der Waals surface area contributed by atoms with Gasteiger partial charge in [0.2, 0.25) is 0 Å². The minimum atomic E-state index is 0.451. The number of ether oxygens (including phenoxy) is 1. The highest BCUT2D eigenvalue weighted by Crippen LogP contribution is 2.19. The molecule has 0 bridgehead atoms. The van der Waals surface area contributed by atoms with Gasteiger partial charge in [-0.25, -0.2) is 0 Å². The maximum atomic E-state index is 5.68. The fourth-order valence-electron chi connectivity index (χ4n) is 2.02. The normalized spacial score (nSPS) is 11.0. The third-order valence-corrected chi connectivity index (χ3v) is 2.89. The van der Waals surface area contributed by atoms with E-state index in [2.05, 4.69) is 22.3 Å². The Labute approximate surface area is 105 Å². The van der Waals surface area contributed by atoms with Crippen molar-refractivity contribution in [3.63, 3.8) is 0 Å². The molecule has 0 aliphatic heterocycles. The molecule has 18 heavy (non-hydrogen) atoms. The lowest BCUT2D eigenvalue weighted by Gasteiger charge is -2.00. The quantitative estimate of drug-likeness (QED) is 0.704. The summed E-state index contributed by atoms with van der Waals surface area (Å²) in [4.78, 5) is 0. The smallest absolute Gasteiger partial charge is 0.157 e. The Morgan fingerprint density at radius 2 is 2.06 bits per heavy atom. The molecule has 3 aromatic rings. The second-order valence-electron chi connectivity index (χ2n) is 4.23. The lowest BCUT2D eigenvalue weighted by atomic mass is 10.2. The summed E-state index contributed by atoms with van der Waals surface area (Å²) in [6, 6.07) is 8.13. The van der Waals surface area contributed by atoms with Gasteiger partial charge in [-0.2, -0.15) is 10.2 Å². The monoisotopic (exact) mass is 242 g/mol. The van der Waals surface area contributed by atoms with E-state index in [9.17, 15) is 0 Å². The summed E-state index contributed by atoms with van der Waals surface area (Å²) in [6.07, 6.45) is 3.54. The Bertz CT molecular complexity index is 683. The molecule has 5 heteroatoms. The lowest BCUT2D eigenvalue weighted by molar-refractivity contribution is 0.301. The average Bonchev–Trinajstić information content (AvgIpc) is 2.92. The molecule has 0 saturated carbocycles. The fourth-order valence-corrected chi connectivity index (χ4v) is 2.02. The first-order valence-corrected chi connectivity index (χ1v) is 5.76. The van der Waals surface area contributed by atoms with Gasteiger partial charge in [-0.15, -0.1) is 0 Å². The molecule has 0 unspecified atom stereocenters. The molecule has 0 radical (unpaired) electrons. The lowest BCUT2D eigenvalue weighted by Crippen LogP contribution is -1.97. The topological polar surface area (TPSA) is 44.9 Å². The van der Waals surface area contributed by atoms with Gasteiger partial charge < -0.3 is 4.74 Å². The van der Waals surface area contributed by atoms with Crippen LogP contribution in [-0.2, 0) is 20.7 Å². The molecule has 2 heterocycles. The van der Waals surface area contributed by atoms with E-state index in [-0.39, 0.29) is 0 Å². The largest absolute Gasteiger partial charge is 0.484 e. The predicted molar refractivity (Wildman–Crippen MR) is 68.3 cm³/mol. The molecule has 1 aromatic carbocycles. The molecule has 3 rings (SSSR count). The van der Waals surface area contributed by atoms with Crippen molar-refractivity contribution in [2.75, 3.05) is 0 Å². The van der Waals surface area contributed by atoms with E-state index < -0.39 is 0 Å². The van der Waals surface area contributed by atoms with Crippen LogP contribution in [0.25, 0.3) is 10.9 Å². The van der Waals surface area contributed by atoms with Crippen LogP contribution in [0.15, 0.2) is 36.7 Å². The third kappa shape index (κ3) is 1.84. The van der Waals surface area contributed by atoms with E-state index in [1.54, 1.807) is 10.9 Å². The number of benzene rings is 1. The standard InChI is InChI=1S/C13H14N4O/c1-16-8-10(7-14-16)18-9-12-11-5-3-4-6-13(11)17(2)15-12/h3-8H,9H2,1-2H3. The molecule has 0 N–H and O–H groups in total. The van der Waals surface area contributed by atoms with Crippen molar-refractivity contribution in [1.82, 2.24) is 19.6 Å². The molecule has 0 aliphatic carbocycles. The maximum Gasteiger partial charge on any atom is 0.157 e. The number of aryl methyl sites for hydroxylation is 2. The van der Waals surface area contributed by atoms with E-state index in [1.807, 2.05) is 37.1 Å². The second kappa shape index (κ2) is 4.18. The minimum Gasteiger partial charge on any atom is -0.484 e. The Balaban J connectivity index is 1.86. The van der Waals surface area contributed by atoms with Gasteiger partial charge in [-0.3, -0.25) is 9.36 Å². The van der Waals surface area contributed by atoms with Crippen LogP contribution in [-0.4, -0.2) is 19.6 Å². The van der Waals surface area contributed by atoms with Crippen molar-refractivity contribution in [3.05, 3.63) is 42.4 Å². The highest BCUT2D eigenvalue weighted by Gasteiger charge is 2.08. The molecule has 2 aromatic heterocycles. The van der Waals surface area contributed by atoms with Crippen LogP contribution < -0.4 is 4.74 Å². The Kier molecular flexibility index (Phi) is 2.51. The molecule has 0 spiro atoms. The number of aromatic nitrogens is 4. The van der Waals surface area contributed by atoms with Crippen molar-refractivity contribution < 1.29 is 4.74 Å². The SMILES string of the molecule is Cn1cc(OCc2nn(C)c3ccccc23)cn1. The Hall–Kier alpha value is -2.30. The first kappa shape index (κ1) is 10.8. The number of hydrogen-bond acceptors (Lipinski definition) is 3. The Morgan fingerprint density at radius 1 is 1.22 bits per heavy atom. The molecular formula is C13H14N4O. The number of nitrogens with zero attached hydrogens (tertiary/aromatic N) is 4. The van der Waals surface area contributed by atoms with Gasteiger partial charge in [0, 0.05) is 19.5 Å². The zero-order valence-electron chi connectivity index (χ0n) is 10.4. The molecule has 92 valence electrons. The van der Waals surface area contributed by atoms with Crippen molar-refractivity contribution in [3.8, 4) is 5.75 Å². The van der Waals surface area contributed by atoms with Gasteiger partial charge in [0.25, 0.3) is 0 Å². The van der Waals surface area contributed by atoms with Crippen molar-refractivity contribution in [2.45, 2.75) is 6.61 Å². The fraction of sp³-hybridized carbons (Fsp3) is 0.231. The summed E-state index contributed by atoms with van der Waals surface area (Å²) in [7, 11) is 3.80. The number of hydrogen-bond donors (Lipinski definition) is 0. The molecule has 0 amide bonds. The van der Waals surface area contributed by atoms with Crippen LogP contribution in [0.2, 0.25) is 0 Å². The first-order valence-electron chi connectivity index (χ1n) is 5.76. The predicted octanol–water partition coefficient (Wildman–Crippen LogP) is 1.89. The van der Waals surface area contributed by atoms with E-state index >= 15 is 0 Å². The summed E-state index contributed by atoms with van der Waals surface area (Å²) in [5.41, 5.74) is 2.05. The Morgan fingerprint density at radius 3 is 2.83 bits per heavy atom. The molecule has 0 fully saturated rings. The highest BCUT2D eigenvalue weighted by atomic mass is 16.5. The van der Waals surface area contributed by atoms with Crippen molar-refractivity contribution in [2.24, 2.45) is 14.1 Å². The zero-order valence-corrected chi connectivity index (χ0v) is 10.4. The second-order valence-corrected chi connectivity index (χ2v) is 4.23. The van der Waals surface area contributed by atoms with Gasteiger partial charge in [0.15, 0.2) is 5.75 Å². The molecule has 0 atom stereocenters. The van der Waals surface area contributed by atoms with Gasteiger partial charge >= 0.3 is 0 Å². The number of para-hydroxylation sites is 1. The molecule has 0 saturated heterocycles. The van der Waals surface area contributed by atoms with E-state index in [1.165, 1.54) is 0 Å². The minimum absolute atomic E-state index is 0.451. The summed E-state index contributed by atoms with van der Waals surface area (Å²) in [5.74, 6) is 0.757. The van der Waals surface area contributed by atoms with Crippen LogP contribution in [0.5, 0.6) is 5.75 Å². The molecule has 5 nitrogen and oxygen atoms in total. The van der Waals surface area contributed by atoms with Crippen molar-refractivity contribution in [1.29, 1.82) is 0 Å². The molecule has 0 aliphatic rings. The maximum absolute atomic E-state index is 5.68. The van der Waals surface area contributed by atoms with Crippen molar-refractivity contribution >= 4 is 10.9 Å². The van der Waals surface area contributed by atoms with Gasteiger partial charge in [-0.05, 0) is 6.07 Å². The van der Waals surface area contributed by atoms with Crippen LogP contribution in [0.1, 0.15) is 5.69 Å². The highest BCUT2D eigenvalue weighted by molar-refractivity contribution is 5.81.